The average Bonchev–Trinajstić information content (AvgIpc) is 3.34. The molecular formula is C23H22N4O4S. The maximum atomic E-state index is 12.7. The average molecular weight is 451 g/mol. The van der Waals surface area contributed by atoms with Crippen LogP contribution in [0, 0.1) is 10.1 Å². The van der Waals surface area contributed by atoms with Crippen LogP contribution < -0.4 is 14.8 Å². The summed E-state index contributed by atoms with van der Waals surface area (Å²) in [5, 5.41) is 15.1. The van der Waals surface area contributed by atoms with Gasteiger partial charge in [0.15, 0.2) is 5.82 Å². The molecule has 9 heteroatoms. The molecule has 0 aliphatic carbocycles. The van der Waals surface area contributed by atoms with Gasteiger partial charge in [0.05, 0.1) is 16.1 Å². The summed E-state index contributed by atoms with van der Waals surface area (Å²) in [6.07, 6.45) is 6.32. The number of nitrogens with zero attached hydrogens (tertiary/aromatic N) is 4. The molecule has 0 unspecified atom stereocenters. The second kappa shape index (κ2) is 9.69. The quantitative estimate of drug-likeness (QED) is 0.215. The summed E-state index contributed by atoms with van der Waals surface area (Å²) in [5.74, 6) is 1.28. The minimum atomic E-state index is -0.459. The minimum absolute atomic E-state index is 0.00435. The highest BCUT2D eigenvalue weighted by Crippen LogP contribution is 2.21. The van der Waals surface area contributed by atoms with Crippen molar-refractivity contribution in [1.29, 1.82) is 0 Å². The van der Waals surface area contributed by atoms with Crippen LogP contribution in [0.4, 0.5) is 5.69 Å². The van der Waals surface area contributed by atoms with E-state index in [1.807, 2.05) is 24.3 Å². The first kappa shape index (κ1) is 21.6. The number of thiazole rings is 1. The van der Waals surface area contributed by atoms with Crippen LogP contribution in [0.25, 0.3) is 22.4 Å². The van der Waals surface area contributed by atoms with Crippen molar-refractivity contribution in [1.82, 2.24) is 14.6 Å². The number of non-ortho nitro benzene ring substituents is 1. The first-order valence-electron chi connectivity index (χ1n) is 10.4. The van der Waals surface area contributed by atoms with E-state index in [9.17, 15) is 14.9 Å². The maximum Gasteiger partial charge on any atom is 0.291 e. The Hall–Kier alpha value is -3.59. The number of rotatable bonds is 9. The van der Waals surface area contributed by atoms with Crippen molar-refractivity contribution < 1.29 is 9.66 Å². The molecule has 0 radical (unpaired) electrons. The molecule has 164 valence electrons. The largest absolute Gasteiger partial charge is 0.494 e. The zero-order valence-electron chi connectivity index (χ0n) is 17.6. The number of unbranched alkanes of at least 4 members (excludes halogenated alkanes) is 3. The van der Waals surface area contributed by atoms with Gasteiger partial charge in [0.1, 0.15) is 5.75 Å². The molecule has 2 aromatic carbocycles. The lowest BCUT2D eigenvalue weighted by atomic mass is 10.2. The molecule has 0 saturated heterocycles. The fourth-order valence-electron chi connectivity index (χ4n) is 3.22. The summed E-state index contributed by atoms with van der Waals surface area (Å²) in [6.45, 7) is 2.88. The Labute approximate surface area is 188 Å². The second-order valence-corrected chi connectivity index (χ2v) is 8.34. The third kappa shape index (κ3) is 4.83. The van der Waals surface area contributed by atoms with Crippen LogP contribution in [-0.4, -0.2) is 26.1 Å². The third-order valence-corrected chi connectivity index (χ3v) is 5.92. The summed E-state index contributed by atoms with van der Waals surface area (Å²) in [6, 6.07) is 13.6. The van der Waals surface area contributed by atoms with Gasteiger partial charge in [0, 0.05) is 17.7 Å². The van der Waals surface area contributed by atoms with Crippen molar-refractivity contribution in [3.63, 3.8) is 0 Å². The van der Waals surface area contributed by atoms with E-state index in [4.69, 9.17) is 4.74 Å². The fourth-order valence-corrected chi connectivity index (χ4v) is 4.13. The molecule has 2 aromatic heterocycles. The first-order valence-corrected chi connectivity index (χ1v) is 11.3. The van der Waals surface area contributed by atoms with E-state index in [2.05, 4.69) is 17.0 Å². The Kier molecular flexibility index (Phi) is 6.55. The molecule has 0 amide bonds. The van der Waals surface area contributed by atoms with Crippen molar-refractivity contribution >= 4 is 28.1 Å². The van der Waals surface area contributed by atoms with Crippen molar-refractivity contribution in [2.75, 3.05) is 6.61 Å². The SMILES string of the molecule is CCCCCCOc1ccc(-c2nc3s/c(=C\c4ccc([N+](=O)[O-])cc4)c(=O)n3n2)cc1. The Morgan fingerprint density at radius 3 is 2.50 bits per heavy atom. The number of benzene rings is 2. The number of nitro benzene ring substituents is 1. The normalized spacial score (nSPS) is 11.8. The molecule has 0 bridgehead atoms. The van der Waals surface area contributed by atoms with Gasteiger partial charge in [-0.05, 0) is 54.5 Å². The summed E-state index contributed by atoms with van der Waals surface area (Å²) < 4.78 is 7.52. The monoisotopic (exact) mass is 450 g/mol. The summed E-state index contributed by atoms with van der Waals surface area (Å²) >= 11 is 1.23. The van der Waals surface area contributed by atoms with Gasteiger partial charge in [-0.1, -0.05) is 37.5 Å². The lowest BCUT2D eigenvalue weighted by Gasteiger charge is -2.06. The molecule has 4 rings (SSSR count). The van der Waals surface area contributed by atoms with Gasteiger partial charge in [0.25, 0.3) is 11.2 Å². The van der Waals surface area contributed by atoms with Gasteiger partial charge in [-0.25, -0.2) is 0 Å². The smallest absolute Gasteiger partial charge is 0.291 e. The van der Waals surface area contributed by atoms with E-state index in [0.29, 0.717) is 27.5 Å². The molecule has 2 heterocycles. The molecule has 8 nitrogen and oxygen atoms in total. The van der Waals surface area contributed by atoms with Gasteiger partial charge < -0.3 is 4.74 Å². The highest BCUT2D eigenvalue weighted by Gasteiger charge is 2.12. The van der Waals surface area contributed by atoms with Crippen molar-refractivity contribution in [2.24, 2.45) is 0 Å². The van der Waals surface area contributed by atoms with Gasteiger partial charge in [-0.2, -0.15) is 9.50 Å². The molecule has 0 N–H and O–H groups in total. The van der Waals surface area contributed by atoms with E-state index in [1.165, 1.54) is 47.2 Å². The standard InChI is InChI=1S/C23H22N4O4S/c1-2-3-4-5-14-31-19-12-8-17(9-13-19)21-24-23-26(25-21)22(28)20(32-23)15-16-6-10-18(11-7-16)27(29)30/h6-13,15H,2-5,14H2,1H3/b20-15-. The van der Waals surface area contributed by atoms with Crippen LogP contribution in [0.3, 0.4) is 0 Å². The van der Waals surface area contributed by atoms with E-state index in [-0.39, 0.29) is 11.2 Å². The Morgan fingerprint density at radius 2 is 1.84 bits per heavy atom. The lowest BCUT2D eigenvalue weighted by molar-refractivity contribution is -0.384. The number of nitro groups is 1. The van der Waals surface area contributed by atoms with E-state index < -0.39 is 4.92 Å². The Morgan fingerprint density at radius 1 is 1.09 bits per heavy atom. The van der Waals surface area contributed by atoms with Crippen LogP contribution >= 0.6 is 11.3 Å². The van der Waals surface area contributed by atoms with E-state index in [0.717, 1.165) is 17.7 Å². The lowest BCUT2D eigenvalue weighted by Crippen LogP contribution is -2.23. The van der Waals surface area contributed by atoms with Crippen molar-refractivity contribution in [2.45, 2.75) is 32.6 Å². The van der Waals surface area contributed by atoms with Crippen LogP contribution in [0.15, 0.2) is 53.3 Å². The summed E-state index contributed by atoms with van der Waals surface area (Å²) in [4.78, 5) is 28.0. The van der Waals surface area contributed by atoms with Crippen LogP contribution in [0.5, 0.6) is 5.75 Å². The molecule has 0 spiro atoms. The maximum absolute atomic E-state index is 12.7. The predicted molar refractivity (Wildman–Crippen MR) is 124 cm³/mol. The van der Waals surface area contributed by atoms with Gasteiger partial charge >= 0.3 is 0 Å². The number of hydrogen-bond acceptors (Lipinski definition) is 7. The molecule has 4 aromatic rings. The molecular weight excluding hydrogens is 428 g/mol. The zero-order valence-corrected chi connectivity index (χ0v) is 18.4. The first-order chi connectivity index (χ1) is 15.5. The molecule has 0 saturated carbocycles. The number of aromatic nitrogens is 3. The molecule has 32 heavy (non-hydrogen) atoms. The third-order valence-electron chi connectivity index (χ3n) is 4.96. The van der Waals surface area contributed by atoms with Gasteiger partial charge in [-0.3, -0.25) is 14.9 Å². The van der Waals surface area contributed by atoms with Gasteiger partial charge in [0.2, 0.25) is 4.96 Å². The fraction of sp³-hybridized carbons (Fsp3) is 0.261. The van der Waals surface area contributed by atoms with Crippen LogP contribution in [0.1, 0.15) is 38.2 Å². The number of ether oxygens (including phenoxy) is 1. The Bertz CT molecular complexity index is 1330. The Balaban J connectivity index is 1.50. The van der Waals surface area contributed by atoms with E-state index in [1.54, 1.807) is 18.2 Å². The summed E-state index contributed by atoms with van der Waals surface area (Å²) in [5.41, 5.74) is 1.24. The molecule has 0 atom stereocenters. The van der Waals surface area contributed by atoms with Crippen molar-refractivity contribution in [3.05, 3.63) is 79.1 Å². The number of fused-ring (bicyclic) bond motifs is 1. The summed E-state index contributed by atoms with van der Waals surface area (Å²) in [7, 11) is 0. The highest BCUT2D eigenvalue weighted by molar-refractivity contribution is 7.15. The predicted octanol–water partition coefficient (Wildman–Crippen LogP) is 4.23. The molecule has 0 aliphatic rings. The highest BCUT2D eigenvalue weighted by atomic mass is 32.1. The van der Waals surface area contributed by atoms with Crippen molar-refractivity contribution in [3.8, 4) is 17.1 Å². The zero-order chi connectivity index (χ0) is 22.5. The van der Waals surface area contributed by atoms with Gasteiger partial charge in [-0.15, -0.1) is 5.10 Å². The second-order valence-electron chi connectivity index (χ2n) is 7.33. The topological polar surface area (TPSA) is 99.6 Å². The number of hydrogen-bond donors (Lipinski definition) is 0. The molecule has 0 aliphatic heterocycles. The van der Waals surface area contributed by atoms with Crippen LogP contribution in [-0.2, 0) is 0 Å². The van der Waals surface area contributed by atoms with Crippen LogP contribution in [0.2, 0.25) is 0 Å². The molecule has 0 fully saturated rings. The van der Waals surface area contributed by atoms with E-state index >= 15 is 0 Å². The minimum Gasteiger partial charge on any atom is -0.494 e.